The number of piperidine rings is 1. The van der Waals surface area contributed by atoms with E-state index in [0.29, 0.717) is 24.2 Å². The highest BCUT2D eigenvalue weighted by Crippen LogP contribution is 2.31. The molecule has 6 heteroatoms. The van der Waals surface area contributed by atoms with Crippen LogP contribution in [0.25, 0.3) is 0 Å². The molecule has 0 unspecified atom stereocenters. The summed E-state index contributed by atoms with van der Waals surface area (Å²) < 4.78 is 12.8. The molecule has 2 aromatic heterocycles. The Balaban J connectivity index is 1.45. The Morgan fingerprint density at radius 1 is 1.32 bits per heavy atom. The molecule has 1 aliphatic heterocycles. The number of amides is 1. The third kappa shape index (κ3) is 3.30. The van der Waals surface area contributed by atoms with Gasteiger partial charge in [-0.3, -0.25) is 4.79 Å². The fourth-order valence-electron chi connectivity index (χ4n) is 3.86. The topological polar surface area (TPSA) is 60.5 Å². The minimum absolute atomic E-state index is 0.0647. The molecule has 3 heterocycles. The number of hydrogen-bond donors (Lipinski definition) is 0. The normalized spacial score (nSPS) is 21.2. The zero-order valence-electron chi connectivity index (χ0n) is 14.7. The van der Waals surface area contributed by atoms with Gasteiger partial charge < -0.3 is 18.6 Å². The van der Waals surface area contributed by atoms with Gasteiger partial charge in [-0.05, 0) is 37.7 Å². The molecule has 1 amide bonds. The lowest BCUT2D eigenvalue weighted by molar-refractivity contribution is 0.0664. The van der Waals surface area contributed by atoms with Crippen LogP contribution >= 0.6 is 0 Å². The molecule has 4 rings (SSSR count). The molecular formula is C19H25N3O3. The predicted molar refractivity (Wildman–Crippen MR) is 92.7 cm³/mol. The van der Waals surface area contributed by atoms with E-state index in [-0.39, 0.29) is 5.91 Å². The number of hydrogen-bond acceptors (Lipinski definition) is 4. The molecule has 25 heavy (non-hydrogen) atoms. The molecule has 6 nitrogen and oxygen atoms in total. The van der Waals surface area contributed by atoms with E-state index in [0.717, 1.165) is 37.7 Å². The summed E-state index contributed by atoms with van der Waals surface area (Å²) in [4.78, 5) is 19.2. The number of rotatable bonds is 5. The Morgan fingerprint density at radius 3 is 2.92 bits per heavy atom. The lowest BCUT2D eigenvalue weighted by atomic mass is 9.85. The number of furan rings is 1. The second-order valence-corrected chi connectivity index (χ2v) is 7.15. The van der Waals surface area contributed by atoms with Crippen LogP contribution in [0.4, 0.5) is 0 Å². The number of nitrogens with zero attached hydrogens (tertiary/aromatic N) is 3. The van der Waals surface area contributed by atoms with Gasteiger partial charge >= 0.3 is 0 Å². The van der Waals surface area contributed by atoms with Crippen molar-refractivity contribution in [1.29, 1.82) is 0 Å². The van der Waals surface area contributed by atoms with Gasteiger partial charge in [-0.25, -0.2) is 4.98 Å². The maximum atomic E-state index is 12.7. The van der Waals surface area contributed by atoms with Crippen molar-refractivity contribution in [3.05, 3.63) is 36.1 Å². The summed E-state index contributed by atoms with van der Waals surface area (Å²) in [6.45, 7) is 2.53. The lowest BCUT2D eigenvalue weighted by Crippen LogP contribution is -2.39. The van der Waals surface area contributed by atoms with Crippen molar-refractivity contribution in [3.8, 4) is 5.95 Å². The minimum atomic E-state index is -0.0647. The van der Waals surface area contributed by atoms with E-state index in [9.17, 15) is 4.79 Å². The summed E-state index contributed by atoms with van der Waals surface area (Å²) in [7, 11) is 1.53. The molecule has 1 saturated carbocycles. The van der Waals surface area contributed by atoms with Gasteiger partial charge in [0, 0.05) is 44.0 Å². The van der Waals surface area contributed by atoms with Crippen LogP contribution in [0.2, 0.25) is 0 Å². The highest BCUT2D eigenvalue weighted by atomic mass is 16.6. The summed E-state index contributed by atoms with van der Waals surface area (Å²) in [5.74, 6) is 2.87. The molecule has 1 atom stereocenters. The van der Waals surface area contributed by atoms with Crippen molar-refractivity contribution in [3.63, 3.8) is 0 Å². The first-order chi connectivity index (χ1) is 12.2. The third-order valence-electron chi connectivity index (χ3n) is 5.49. The van der Waals surface area contributed by atoms with Crippen LogP contribution < -0.4 is 4.74 Å². The van der Waals surface area contributed by atoms with E-state index in [2.05, 4.69) is 15.7 Å². The zero-order valence-corrected chi connectivity index (χ0v) is 14.7. The standard InChI is InChI=1S/C19H25N3O3/c1-24-17-8-7-16(25-17)19(23)22-10-3-6-15(13-22)18-20-9-11-21(18)12-14-4-2-5-14/h7-9,11,14-15H,2-6,10,12-13H2,1H3/t15-/m1/s1. The number of methoxy groups -OCH3 is 1. The Morgan fingerprint density at radius 2 is 2.20 bits per heavy atom. The molecule has 2 fully saturated rings. The Labute approximate surface area is 147 Å². The van der Waals surface area contributed by atoms with Crippen LogP contribution in [-0.4, -0.2) is 40.6 Å². The van der Waals surface area contributed by atoms with Crippen molar-refractivity contribution in [2.45, 2.75) is 44.6 Å². The van der Waals surface area contributed by atoms with Crippen LogP contribution in [0.3, 0.4) is 0 Å². The van der Waals surface area contributed by atoms with Crippen LogP contribution in [0.5, 0.6) is 5.95 Å². The molecule has 1 aliphatic carbocycles. The second kappa shape index (κ2) is 6.94. The van der Waals surface area contributed by atoms with E-state index < -0.39 is 0 Å². The van der Waals surface area contributed by atoms with Gasteiger partial charge in [0.15, 0.2) is 5.76 Å². The van der Waals surface area contributed by atoms with Gasteiger partial charge in [-0.15, -0.1) is 0 Å². The van der Waals surface area contributed by atoms with Crippen molar-refractivity contribution >= 4 is 5.91 Å². The van der Waals surface area contributed by atoms with E-state index in [4.69, 9.17) is 9.15 Å². The molecule has 2 aromatic rings. The van der Waals surface area contributed by atoms with Crippen LogP contribution in [-0.2, 0) is 6.54 Å². The summed E-state index contributed by atoms with van der Waals surface area (Å²) >= 11 is 0. The highest BCUT2D eigenvalue weighted by molar-refractivity contribution is 5.91. The number of carbonyl (C=O) groups excluding carboxylic acids is 1. The first kappa shape index (κ1) is 16.2. The van der Waals surface area contributed by atoms with Crippen molar-refractivity contribution in [2.75, 3.05) is 20.2 Å². The van der Waals surface area contributed by atoms with Crippen molar-refractivity contribution in [1.82, 2.24) is 14.5 Å². The van der Waals surface area contributed by atoms with Crippen molar-refractivity contribution in [2.24, 2.45) is 5.92 Å². The van der Waals surface area contributed by atoms with Crippen LogP contribution in [0.1, 0.15) is 54.4 Å². The third-order valence-corrected chi connectivity index (χ3v) is 5.49. The number of carbonyl (C=O) groups is 1. The summed E-state index contributed by atoms with van der Waals surface area (Å²) in [6, 6.07) is 3.36. The molecule has 0 N–H and O–H groups in total. The van der Waals surface area contributed by atoms with Gasteiger partial charge in [0.1, 0.15) is 5.82 Å². The molecule has 0 radical (unpaired) electrons. The largest absolute Gasteiger partial charge is 0.468 e. The minimum Gasteiger partial charge on any atom is -0.468 e. The average Bonchev–Trinajstić information content (AvgIpc) is 3.26. The monoisotopic (exact) mass is 343 g/mol. The second-order valence-electron chi connectivity index (χ2n) is 7.15. The van der Waals surface area contributed by atoms with E-state index in [1.807, 2.05) is 11.1 Å². The lowest BCUT2D eigenvalue weighted by Gasteiger charge is -2.33. The molecule has 134 valence electrons. The first-order valence-corrected chi connectivity index (χ1v) is 9.18. The molecule has 2 aliphatic rings. The van der Waals surface area contributed by atoms with Crippen LogP contribution in [0, 0.1) is 5.92 Å². The quantitative estimate of drug-likeness (QED) is 0.836. The fraction of sp³-hybridized carbons (Fsp3) is 0.579. The summed E-state index contributed by atoms with van der Waals surface area (Å²) in [5, 5.41) is 0. The molecule has 0 bridgehead atoms. The maximum Gasteiger partial charge on any atom is 0.289 e. The number of ether oxygens (including phenoxy) is 1. The molecule has 1 saturated heterocycles. The number of imidazole rings is 1. The molecule has 0 spiro atoms. The highest BCUT2D eigenvalue weighted by Gasteiger charge is 2.30. The van der Waals surface area contributed by atoms with E-state index >= 15 is 0 Å². The van der Waals surface area contributed by atoms with E-state index in [1.165, 1.54) is 26.4 Å². The van der Waals surface area contributed by atoms with Gasteiger partial charge in [0.25, 0.3) is 11.9 Å². The summed E-state index contributed by atoms with van der Waals surface area (Å²) in [6.07, 6.45) is 10.1. The first-order valence-electron chi connectivity index (χ1n) is 9.18. The smallest absolute Gasteiger partial charge is 0.289 e. The molecule has 0 aromatic carbocycles. The van der Waals surface area contributed by atoms with Gasteiger partial charge in [0.05, 0.1) is 7.11 Å². The van der Waals surface area contributed by atoms with Gasteiger partial charge in [0.2, 0.25) is 0 Å². The molecular weight excluding hydrogens is 318 g/mol. The SMILES string of the molecule is COc1ccc(C(=O)N2CCC[C@@H](c3nccn3CC3CCC3)C2)o1. The zero-order chi connectivity index (χ0) is 17.2. The predicted octanol–water partition coefficient (Wildman–Crippen LogP) is 3.30. The number of likely N-dealkylation sites (tertiary alicyclic amines) is 1. The van der Waals surface area contributed by atoms with Crippen molar-refractivity contribution < 1.29 is 13.9 Å². The van der Waals surface area contributed by atoms with E-state index in [1.54, 1.807) is 12.1 Å². The van der Waals surface area contributed by atoms with Gasteiger partial charge in [-0.1, -0.05) is 6.42 Å². The van der Waals surface area contributed by atoms with Crippen LogP contribution in [0.15, 0.2) is 28.9 Å². The Kier molecular flexibility index (Phi) is 4.51. The Hall–Kier alpha value is -2.24. The fourth-order valence-corrected chi connectivity index (χ4v) is 3.86. The van der Waals surface area contributed by atoms with Gasteiger partial charge in [-0.2, -0.15) is 0 Å². The maximum absolute atomic E-state index is 12.7. The summed E-state index contributed by atoms with van der Waals surface area (Å²) in [5.41, 5.74) is 0. The Bertz CT molecular complexity index is 732. The number of aromatic nitrogens is 2. The average molecular weight is 343 g/mol.